The molecule has 1 aromatic carbocycles. The van der Waals surface area contributed by atoms with Crippen LogP contribution in [0.3, 0.4) is 0 Å². The topological polar surface area (TPSA) is 102 Å². The van der Waals surface area contributed by atoms with Gasteiger partial charge in [-0.3, -0.25) is 4.79 Å². The molecule has 0 radical (unpaired) electrons. The minimum Gasteiger partial charge on any atom is -0.494 e. The number of rotatable bonds is 8. The first-order chi connectivity index (χ1) is 12.1. The number of hydrogen-bond donors (Lipinski definition) is 3. The molecule has 0 aliphatic carbocycles. The van der Waals surface area contributed by atoms with Crippen LogP contribution >= 0.6 is 0 Å². The summed E-state index contributed by atoms with van der Waals surface area (Å²) >= 11 is 0. The van der Waals surface area contributed by atoms with E-state index in [0.29, 0.717) is 31.4 Å². The highest BCUT2D eigenvalue weighted by Gasteiger charge is 2.08. The number of guanidine groups is 1. The number of nitrogens with two attached hydrogens (primary N) is 1. The molecule has 0 aliphatic heterocycles. The van der Waals surface area contributed by atoms with Gasteiger partial charge in [0.1, 0.15) is 11.5 Å². The lowest BCUT2D eigenvalue weighted by Crippen LogP contribution is -2.36. The van der Waals surface area contributed by atoms with Gasteiger partial charge in [-0.2, -0.15) is 0 Å². The van der Waals surface area contributed by atoms with Gasteiger partial charge in [-0.15, -0.1) is 0 Å². The maximum absolute atomic E-state index is 11.1. The summed E-state index contributed by atoms with van der Waals surface area (Å²) in [6.45, 7) is 6.16. The number of amides is 1. The van der Waals surface area contributed by atoms with Crippen molar-refractivity contribution in [1.82, 2.24) is 10.6 Å². The summed E-state index contributed by atoms with van der Waals surface area (Å²) in [5, 5.41) is 6.33. The molecule has 1 heterocycles. The fraction of sp³-hybridized carbons (Fsp3) is 0.333. The first-order valence-corrected chi connectivity index (χ1v) is 8.25. The number of aliphatic imine (C=N–C) groups is 1. The van der Waals surface area contributed by atoms with Crippen LogP contribution in [0.2, 0.25) is 0 Å². The second-order valence-corrected chi connectivity index (χ2v) is 5.22. The van der Waals surface area contributed by atoms with Crippen molar-refractivity contribution < 1.29 is 13.9 Å². The molecule has 2 aromatic rings. The Morgan fingerprint density at radius 2 is 2.00 bits per heavy atom. The molecule has 4 N–H and O–H groups in total. The third kappa shape index (κ3) is 5.56. The van der Waals surface area contributed by atoms with Crippen molar-refractivity contribution in [2.75, 3.05) is 13.2 Å². The van der Waals surface area contributed by atoms with Crippen LogP contribution in [-0.2, 0) is 13.1 Å². The Kier molecular flexibility index (Phi) is 6.88. The van der Waals surface area contributed by atoms with Crippen molar-refractivity contribution in [3.05, 3.63) is 53.5 Å². The van der Waals surface area contributed by atoms with Crippen LogP contribution in [0.15, 0.2) is 45.8 Å². The van der Waals surface area contributed by atoms with Crippen LogP contribution in [0.4, 0.5) is 0 Å². The SMILES string of the molecule is CCNC(=NCc1ccccc1OCC)NCc1ccc(C(N)=O)o1. The van der Waals surface area contributed by atoms with E-state index >= 15 is 0 Å². The summed E-state index contributed by atoms with van der Waals surface area (Å²) in [5.74, 6) is 1.64. The summed E-state index contributed by atoms with van der Waals surface area (Å²) in [5.41, 5.74) is 6.19. The van der Waals surface area contributed by atoms with Crippen molar-refractivity contribution in [2.24, 2.45) is 10.7 Å². The molecule has 0 unspecified atom stereocenters. The van der Waals surface area contributed by atoms with E-state index in [0.717, 1.165) is 17.9 Å². The molecule has 1 aromatic heterocycles. The standard InChI is InChI=1S/C18H24N4O3/c1-3-20-18(22-12-14-9-10-16(25-14)17(19)23)21-11-13-7-5-6-8-15(13)24-4-2/h5-10H,3-4,11-12H2,1-2H3,(H2,19,23)(H2,20,21,22). The molecule has 0 fully saturated rings. The van der Waals surface area contributed by atoms with Crippen LogP contribution in [0.5, 0.6) is 5.75 Å². The van der Waals surface area contributed by atoms with Gasteiger partial charge < -0.3 is 25.5 Å². The Morgan fingerprint density at radius 1 is 1.20 bits per heavy atom. The van der Waals surface area contributed by atoms with E-state index < -0.39 is 5.91 Å². The molecule has 7 nitrogen and oxygen atoms in total. The van der Waals surface area contributed by atoms with E-state index in [1.165, 1.54) is 0 Å². The van der Waals surface area contributed by atoms with Crippen LogP contribution in [-0.4, -0.2) is 25.0 Å². The summed E-state index contributed by atoms with van der Waals surface area (Å²) < 4.78 is 11.0. The number of furan rings is 1. The predicted molar refractivity (Wildman–Crippen MR) is 96.5 cm³/mol. The maximum Gasteiger partial charge on any atom is 0.284 e. The number of nitrogens with zero attached hydrogens (tertiary/aromatic N) is 1. The summed E-state index contributed by atoms with van der Waals surface area (Å²) in [6, 6.07) is 11.1. The minimum absolute atomic E-state index is 0.143. The Balaban J connectivity index is 2.01. The average molecular weight is 344 g/mol. The monoisotopic (exact) mass is 344 g/mol. The lowest BCUT2D eigenvalue weighted by molar-refractivity contribution is 0.0972. The number of primary amides is 1. The van der Waals surface area contributed by atoms with Gasteiger partial charge in [-0.25, -0.2) is 4.99 Å². The molecular formula is C18H24N4O3. The molecule has 0 saturated carbocycles. The van der Waals surface area contributed by atoms with Gasteiger partial charge in [0.2, 0.25) is 0 Å². The number of hydrogen-bond acceptors (Lipinski definition) is 4. The Morgan fingerprint density at radius 3 is 2.68 bits per heavy atom. The minimum atomic E-state index is -0.584. The molecule has 0 bridgehead atoms. The van der Waals surface area contributed by atoms with Crippen LogP contribution in [0.1, 0.15) is 35.7 Å². The lowest BCUT2D eigenvalue weighted by Gasteiger charge is -2.12. The molecular weight excluding hydrogens is 320 g/mol. The van der Waals surface area contributed by atoms with Crippen molar-refractivity contribution in [3.8, 4) is 5.75 Å². The van der Waals surface area contributed by atoms with Gasteiger partial charge in [0.05, 0.1) is 19.7 Å². The molecule has 0 spiro atoms. The third-order valence-electron chi connectivity index (χ3n) is 3.36. The summed E-state index contributed by atoms with van der Waals surface area (Å²) in [4.78, 5) is 15.6. The third-order valence-corrected chi connectivity index (χ3v) is 3.36. The van der Waals surface area contributed by atoms with Gasteiger partial charge in [-0.1, -0.05) is 18.2 Å². The van der Waals surface area contributed by atoms with Gasteiger partial charge >= 0.3 is 0 Å². The zero-order valence-corrected chi connectivity index (χ0v) is 14.5. The number of benzene rings is 1. The molecule has 0 saturated heterocycles. The normalized spacial score (nSPS) is 11.2. The Bertz CT molecular complexity index is 725. The highest BCUT2D eigenvalue weighted by atomic mass is 16.5. The molecule has 134 valence electrons. The zero-order valence-electron chi connectivity index (χ0n) is 14.5. The number of para-hydroxylation sites is 1. The fourth-order valence-electron chi connectivity index (χ4n) is 2.21. The lowest BCUT2D eigenvalue weighted by atomic mass is 10.2. The Labute approximate surface area is 147 Å². The average Bonchev–Trinajstić information content (AvgIpc) is 3.08. The second kappa shape index (κ2) is 9.36. The molecule has 2 rings (SSSR count). The van der Waals surface area contributed by atoms with E-state index in [1.54, 1.807) is 12.1 Å². The Hall–Kier alpha value is -2.96. The highest BCUT2D eigenvalue weighted by Crippen LogP contribution is 2.18. The zero-order chi connectivity index (χ0) is 18.1. The summed E-state index contributed by atoms with van der Waals surface area (Å²) in [7, 11) is 0. The first kappa shape index (κ1) is 18.4. The molecule has 0 aliphatic rings. The molecule has 1 amide bonds. The predicted octanol–water partition coefficient (Wildman–Crippen LogP) is 2.03. The van der Waals surface area contributed by atoms with E-state index in [-0.39, 0.29) is 5.76 Å². The highest BCUT2D eigenvalue weighted by molar-refractivity contribution is 5.89. The van der Waals surface area contributed by atoms with E-state index in [2.05, 4.69) is 15.6 Å². The maximum atomic E-state index is 11.1. The number of carbonyl (C=O) groups is 1. The van der Waals surface area contributed by atoms with Crippen LogP contribution in [0, 0.1) is 0 Å². The van der Waals surface area contributed by atoms with E-state index in [9.17, 15) is 4.79 Å². The number of carbonyl (C=O) groups excluding carboxylic acids is 1. The van der Waals surface area contributed by atoms with Crippen molar-refractivity contribution in [1.29, 1.82) is 0 Å². The molecule has 0 atom stereocenters. The van der Waals surface area contributed by atoms with Crippen molar-refractivity contribution in [2.45, 2.75) is 26.9 Å². The fourth-order valence-corrected chi connectivity index (χ4v) is 2.21. The van der Waals surface area contributed by atoms with E-state index in [4.69, 9.17) is 14.9 Å². The van der Waals surface area contributed by atoms with Gasteiger partial charge in [0, 0.05) is 12.1 Å². The second-order valence-electron chi connectivity index (χ2n) is 5.22. The van der Waals surface area contributed by atoms with Crippen LogP contribution in [0.25, 0.3) is 0 Å². The summed E-state index contributed by atoms with van der Waals surface area (Å²) in [6.07, 6.45) is 0. The van der Waals surface area contributed by atoms with Gasteiger partial charge in [-0.05, 0) is 32.0 Å². The molecule has 7 heteroatoms. The van der Waals surface area contributed by atoms with Crippen molar-refractivity contribution in [3.63, 3.8) is 0 Å². The smallest absolute Gasteiger partial charge is 0.284 e. The molecule has 25 heavy (non-hydrogen) atoms. The first-order valence-electron chi connectivity index (χ1n) is 8.25. The van der Waals surface area contributed by atoms with Gasteiger partial charge in [0.25, 0.3) is 5.91 Å². The number of nitrogens with one attached hydrogen (secondary N) is 2. The van der Waals surface area contributed by atoms with E-state index in [1.807, 2.05) is 38.1 Å². The van der Waals surface area contributed by atoms with Gasteiger partial charge in [0.15, 0.2) is 11.7 Å². The number of ether oxygens (including phenoxy) is 1. The van der Waals surface area contributed by atoms with Crippen molar-refractivity contribution >= 4 is 11.9 Å². The van der Waals surface area contributed by atoms with Crippen LogP contribution < -0.4 is 21.1 Å². The quantitative estimate of drug-likeness (QED) is 0.502. The largest absolute Gasteiger partial charge is 0.494 e.